The van der Waals surface area contributed by atoms with Crippen LogP contribution in [0.1, 0.15) is 0 Å². The second-order valence-corrected chi connectivity index (χ2v) is 3.97. The van der Waals surface area contributed by atoms with Gasteiger partial charge in [0.05, 0.1) is 5.52 Å². The monoisotopic (exact) mass is 233 g/mol. The minimum absolute atomic E-state index is 0.0232. The smallest absolute Gasteiger partial charge is 0.251 e. The van der Waals surface area contributed by atoms with Crippen LogP contribution in [0.3, 0.4) is 0 Å². The van der Waals surface area contributed by atoms with Crippen molar-refractivity contribution in [2.75, 3.05) is 5.88 Å². The van der Waals surface area contributed by atoms with Gasteiger partial charge in [-0.3, -0.25) is 4.79 Å². The lowest BCUT2D eigenvalue weighted by Gasteiger charge is -2.10. The molecule has 0 unspecified atom stereocenters. The number of hydrogen-bond acceptors (Lipinski definition) is 1. The van der Waals surface area contributed by atoms with E-state index in [9.17, 15) is 4.79 Å². The molecule has 1 aromatic heterocycles. The third-order valence-corrected chi connectivity index (χ3v) is 2.85. The minimum Gasteiger partial charge on any atom is -0.304 e. The van der Waals surface area contributed by atoms with Crippen molar-refractivity contribution in [3.63, 3.8) is 0 Å². The van der Waals surface area contributed by atoms with Crippen LogP contribution in [0.25, 0.3) is 10.9 Å². The summed E-state index contributed by atoms with van der Waals surface area (Å²) >= 11 is 5.69. The molecule has 0 bridgehead atoms. The highest BCUT2D eigenvalue weighted by molar-refractivity contribution is 6.19. The van der Waals surface area contributed by atoms with Gasteiger partial charge >= 0.3 is 0 Å². The molecule has 0 saturated carbocycles. The number of aromatic nitrogens is 1. The van der Waals surface area contributed by atoms with Crippen LogP contribution in [-0.2, 0) is 6.54 Å². The van der Waals surface area contributed by atoms with E-state index in [-0.39, 0.29) is 5.56 Å². The Hall–Kier alpha value is -1.54. The van der Waals surface area contributed by atoms with Crippen molar-refractivity contribution in [3.8, 4) is 0 Å². The van der Waals surface area contributed by atoms with Crippen molar-refractivity contribution < 1.29 is 0 Å². The van der Waals surface area contributed by atoms with Gasteiger partial charge in [-0.1, -0.05) is 24.8 Å². The summed E-state index contributed by atoms with van der Waals surface area (Å²) in [5.74, 6) is 0.371. The molecule has 0 aliphatic carbocycles. The number of alkyl halides is 1. The SMILES string of the molecule is C=C(CCl)Cn1c(=O)ccc2ccccc21. The van der Waals surface area contributed by atoms with E-state index >= 15 is 0 Å². The molecule has 1 heterocycles. The molecule has 2 aromatic rings. The molecule has 0 N–H and O–H groups in total. The summed E-state index contributed by atoms with van der Waals surface area (Å²) in [7, 11) is 0. The summed E-state index contributed by atoms with van der Waals surface area (Å²) in [5, 5.41) is 1.05. The standard InChI is InChI=1S/C13H12ClNO/c1-10(8-14)9-15-12-5-3-2-4-11(12)6-7-13(15)16/h2-7H,1,8-9H2. The molecule has 2 rings (SSSR count). The highest BCUT2D eigenvalue weighted by atomic mass is 35.5. The van der Waals surface area contributed by atoms with Gasteiger partial charge < -0.3 is 4.57 Å². The molecule has 16 heavy (non-hydrogen) atoms. The molecule has 0 saturated heterocycles. The molecule has 0 spiro atoms. The largest absolute Gasteiger partial charge is 0.304 e. The number of hydrogen-bond donors (Lipinski definition) is 0. The van der Waals surface area contributed by atoms with Crippen LogP contribution >= 0.6 is 11.6 Å². The molecule has 0 amide bonds. The van der Waals surface area contributed by atoms with Gasteiger partial charge in [0.15, 0.2) is 0 Å². The van der Waals surface area contributed by atoms with E-state index < -0.39 is 0 Å². The van der Waals surface area contributed by atoms with Crippen molar-refractivity contribution in [1.29, 1.82) is 0 Å². The van der Waals surface area contributed by atoms with E-state index in [1.165, 1.54) is 0 Å². The van der Waals surface area contributed by atoms with Gasteiger partial charge in [-0.15, -0.1) is 11.6 Å². The zero-order valence-corrected chi connectivity index (χ0v) is 9.57. The van der Waals surface area contributed by atoms with Crippen LogP contribution < -0.4 is 5.56 Å². The molecule has 0 fully saturated rings. The van der Waals surface area contributed by atoms with Gasteiger partial charge in [-0.25, -0.2) is 0 Å². The van der Waals surface area contributed by atoms with Gasteiger partial charge in [-0.2, -0.15) is 0 Å². The topological polar surface area (TPSA) is 22.0 Å². The molecule has 2 nitrogen and oxygen atoms in total. The third kappa shape index (κ3) is 2.02. The maximum atomic E-state index is 11.8. The van der Waals surface area contributed by atoms with Crippen LogP contribution in [0, 0.1) is 0 Å². The average molecular weight is 234 g/mol. The van der Waals surface area contributed by atoms with E-state index in [4.69, 9.17) is 11.6 Å². The molecule has 0 aliphatic rings. The average Bonchev–Trinajstić information content (AvgIpc) is 2.32. The van der Waals surface area contributed by atoms with Crippen LogP contribution in [0.5, 0.6) is 0 Å². The molecule has 0 aliphatic heterocycles. The van der Waals surface area contributed by atoms with Gasteiger partial charge in [0.25, 0.3) is 5.56 Å². The van der Waals surface area contributed by atoms with Crippen LogP contribution in [0.15, 0.2) is 53.3 Å². The summed E-state index contributed by atoms with van der Waals surface area (Å²) in [5.41, 5.74) is 1.73. The van der Waals surface area contributed by atoms with Gasteiger partial charge in [0.1, 0.15) is 0 Å². The number of halogens is 1. The van der Waals surface area contributed by atoms with Gasteiger partial charge in [0.2, 0.25) is 0 Å². The van der Waals surface area contributed by atoms with Crippen molar-refractivity contribution in [3.05, 3.63) is 58.9 Å². The van der Waals surface area contributed by atoms with Crippen molar-refractivity contribution in [1.82, 2.24) is 4.57 Å². The lowest BCUT2D eigenvalue weighted by Crippen LogP contribution is -2.20. The molecular formula is C13H12ClNO. The summed E-state index contributed by atoms with van der Waals surface area (Å²) in [4.78, 5) is 11.8. The zero-order chi connectivity index (χ0) is 11.5. The highest BCUT2D eigenvalue weighted by Crippen LogP contribution is 2.12. The first-order chi connectivity index (χ1) is 7.72. The Morgan fingerprint density at radius 1 is 1.25 bits per heavy atom. The fourth-order valence-corrected chi connectivity index (χ4v) is 1.76. The number of para-hydroxylation sites is 1. The Balaban J connectivity index is 2.61. The van der Waals surface area contributed by atoms with Crippen molar-refractivity contribution in [2.24, 2.45) is 0 Å². The lowest BCUT2D eigenvalue weighted by atomic mass is 10.2. The second kappa shape index (κ2) is 4.54. The van der Waals surface area contributed by atoms with E-state index in [1.54, 1.807) is 10.6 Å². The van der Waals surface area contributed by atoms with Gasteiger partial charge in [0, 0.05) is 18.5 Å². The molecule has 0 atom stereocenters. The molecule has 82 valence electrons. The maximum Gasteiger partial charge on any atom is 0.251 e. The summed E-state index contributed by atoms with van der Waals surface area (Å²) < 4.78 is 1.69. The van der Waals surface area contributed by atoms with Crippen molar-refractivity contribution >= 4 is 22.5 Å². The second-order valence-electron chi connectivity index (χ2n) is 3.70. The Morgan fingerprint density at radius 2 is 2.00 bits per heavy atom. The van der Waals surface area contributed by atoms with Crippen molar-refractivity contribution in [2.45, 2.75) is 6.54 Å². The van der Waals surface area contributed by atoms with Crippen LogP contribution in [0.4, 0.5) is 0 Å². The maximum absolute atomic E-state index is 11.8. The third-order valence-electron chi connectivity index (χ3n) is 2.47. The van der Waals surface area contributed by atoms with E-state index in [1.807, 2.05) is 30.3 Å². The number of benzene rings is 1. The number of rotatable bonds is 3. The highest BCUT2D eigenvalue weighted by Gasteiger charge is 2.03. The molecular weight excluding hydrogens is 222 g/mol. The Morgan fingerprint density at radius 3 is 2.75 bits per heavy atom. The predicted molar refractivity (Wildman–Crippen MR) is 68.1 cm³/mol. The summed E-state index contributed by atoms with van der Waals surface area (Å²) in [6.45, 7) is 4.30. The summed E-state index contributed by atoms with van der Waals surface area (Å²) in [6, 6.07) is 11.2. The molecule has 3 heteroatoms. The zero-order valence-electron chi connectivity index (χ0n) is 8.82. The molecule has 1 aromatic carbocycles. The fraction of sp³-hybridized carbons (Fsp3) is 0.154. The number of nitrogens with zero attached hydrogens (tertiary/aromatic N) is 1. The normalized spacial score (nSPS) is 10.6. The fourth-order valence-electron chi connectivity index (χ4n) is 1.67. The quantitative estimate of drug-likeness (QED) is 0.590. The lowest BCUT2D eigenvalue weighted by molar-refractivity contribution is 0.784. The van der Waals surface area contributed by atoms with E-state index in [2.05, 4.69) is 6.58 Å². The first kappa shape index (κ1) is 11.0. The summed E-state index contributed by atoms with van der Waals surface area (Å²) in [6.07, 6.45) is 0. The Kier molecular flexibility index (Phi) is 3.11. The van der Waals surface area contributed by atoms with E-state index in [0.29, 0.717) is 12.4 Å². The first-order valence-electron chi connectivity index (χ1n) is 5.03. The Bertz CT molecular complexity index is 586. The predicted octanol–water partition coefficient (Wildman–Crippen LogP) is 2.80. The first-order valence-corrected chi connectivity index (χ1v) is 5.57. The van der Waals surface area contributed by atoms with Crippen LogP contribution in [-0.4, -0.2) is 10.4 Å². The number of fused-ring (bicyclic) bond motifs is 1. The number of pyridine rings is 1. The van der Waals surface area contributed by atoms with E-state index in [0.717, 1.165) is 16.5 Å². The molecule has 0 radical (unpaired) electrons. The van der Waals surface area contributed by atoms with Crippen LogP contribution in [0.2, 0.25) is 0 Å². The minimum atomic E-state index is -0.0232. The van der Waals surface area contributed by atoms with Gasteiger partial charge in [-0.05, 0) is 23.1 Å². The number of allylic oxidation sites excluding steroid dienone is 1. The Labute approximate surface area is 98.8 Å².